The molecule has 9 nitrogen and oxygen atoms in total. The Hall–Kier alpha value is -2.76. The van der Waals surface area contributed by atoms with Crippen LogP contribution >= 0.6 is 11.3 Å². The first-order valence-electron chi connectivity index (χ1n) is 9.30. The average Bonchev–Trinajstić information content (AvgIpc) is 3.45. The van der Waals surface area contributed by atoms with Crippen LogP contribution in [0.5, 0.6) is 5.19 Å². The van der Waals surface area contributed by atoms with E-state index in [0.29, 0.717) is 17.9 Å². The van der Waals surface area contributed by atoms with Gasteiger partial charge in [-0.25, -0.2) is 4.98 Å². The van der Waals surface area contributed by atoms with E-state index in [9.17, 15) is 18.3 Å². The predicted molar refractivity (Wildman–Crippen MR) is 109 cm³/mol. The summed E-state index contributed by atoms with van der Waals surface area (Å²) in [5, 5.41) is 14.2. The molecule has 2 aromatic heterocycles. The number of amides is 1. The summed E-state index contributed by atoms with van der Waals surface area (Å²) in [6.45, 7) is 2.30. The van der Waals surface area contributed by atoms with E-state index >= 15 is 0 Å². The van der Waals surface area contributed by atoms with Crippen LogP contribution in [0.1, 0.15) is 29.7 Å². The van der Waals surface area contributed by atoms with Crippen molar-refractivity contribution < 1.29 is 23.1 Å². The van der Waals surface area contributed by atoms with Gasteiger partial charge in [-0.15, -0.1) is 0 Å². The number of thiazole rings is 1. The summed E-state index contributed by atoms with van der Waals surface area (Å²) in [7, 11) is -3.88. The van der Waals surface area contributed by atoms with Crippen LogP contribution in [-0.4, -0.2) is 51.7 Å². The highest BCUT2D eigenvalue weighted by Gasteiger charge is 2.33. The van der Waals surface area contributed by atoms with Crippen LogP contribution in [0, 0.1) is 0 Å². The van der Waals surface area contributed by atoms with Crippen LogP contribution in [-0.2, 0) is 27.9 Å². The molecule has 1 N–H and O–H groups in total. The minimum Gasteiger partial charge on any atom is -0.470 e. The monoisotopic (exact) mass is 448 g/mol. The Morgan fingerprint density at radius 2 is 2.07 bits per heavy atom. The minimum absolute atomic E-state index is 0.0319. The van der Waals surface area contributed by atoms with Gasteiger partial charge in [0, 0.05) is 18.3 Å². The first-order chi connectivity index (χ1) is 14.4. The molecule has 30 heavy (non-hydrogen) atoms. The van der Waals surface area contributed by atoms with E-state index in [1.54, 1.807) is 24.0 Å². The van der Waals surface area contributed by atoms with Crippen molar-refractivity contribution in [3.05, 3.63) is 59.5 Å². The molecule has 4 rings (SSSR count). The predicted octanol–water partition coefficient (Wildman–Crippen LogP) is 1.59. The fraction of sp³-hybridized carbons (Fsp3) is 0.316. The standard InChI is InChI=1S/C19H20N4O5S2/c1-2-28-19-20-8-17(29-19)30(26,27)23-10-14-9-22(11-16(14)21-23)18(25)15(12-24)13-6-4-3-5-7-13/h3-8,10,15,24H,2,9,11-12H2,1H3/t15-/m1/s1. The van der Waals surface area contributed by atoms with E-state index in [4.69, 9.17) is 4.74 Å². The lowest BCUT2D eigenvalue weighted by Gasteiger charge is -2.22. The second-order valence-electron chi connectivity index (χ2n) is 6.70. The first-order valence-corrected chi connectivity index (χ1v) is 11.6. The summed E-state index contributed by atoms with van der Waals surface area (Å²) in [5.74, 6) is -0.889. The Morgan fingerprint density at radius 1 is 1.30 bits per heavy atom. The van der Waals surface area contributed by atoms with Gasteiger partial charge in [0.25, 0.3) is 15.2 Å². The Kier molecular flexibility index (Phi) is 5.58. The molecule has 0 spiro atoms. The molecule has 1 aliphatic heterocycles. The summed E-state index contributed by atoms with van der Waals surface area (Å²) in [6, 6.07) is 9.07. The molecule has 0 aliphatic carbocycles. The second kappa shape index (κ2) is 8.17. The van der Waals surface area contributed by atoms with Gasteiger partial charge < -0.3 is 14.7 Å². The van der Waals surface area contributed by atoms with Gasteiger partial charge in [0.05, 0.1) is 37.6 Å². The number of ether oxygens (including phenoxy) is 1. The second-order valence-corrected chi connectivity index (χ2v) is 9.71. The Morgan fingerprint density at radius 3 is 2.73 bits per heavy atom. The molecule has 0 radical (unpaired) electrons. The number of carbonyl (C=O) groups excluding carboxylic acids is 1. The molecule has 0 bridgehead atoms. The summed E-state index contributed by atoms with van der Waals surface area (Å²) >= 11 is 0.935. The van der Waals surface area contributed by atoms with E-state index in [-0.39, 0.29) is 35.0 Å². The van der Waals surface area contributed by atoms with Crippen molar-refractivity contribution in [2.24, 2.45) is 0 Å². The molecule has 1 atom stereocenters. The van der Waals surface area contributed by atoms with Gasteiger partial charge in [-0.1, -0.05) is 41.7 Å². The number of aliphatic hydroxyl groups is 1. The highest BCUT2D eigenvalue weighted by molar-refractivity contribution is 7.92. The lowest BCUT2D eigenvalue weighted by atomic mass is 9.98. The van der Waals surface area contributed by atoms with E-state index in [2.05, 4.69) is 10.1 Å². The normalized spacial score (nSPS) is 14.5. The average molecular weight is 449 g/mol. The topological polar surface area (TPSA) is 115 Å². The number of aliphatic hydroxyl groups excluding tert-OH is 1. The molecule has 1 aliphatic rings. The molecule has 3 heterocycles. The Bertz CT molecular complexity index is 1130. The molecule has 11 heteroatoms. The fourth-order valence-electron chi connectivity index (χ4n) is 3.28. The maximum Gasteiger partial charge on any atom is 0.294 e. The van der Waals surface area contributed by atoms with Crippen LogP contribution in [0.4, 0.5) is 0 Å². The van der Waals surface area contributed by atoms with Crippen molar-refractivity contribution >= 4 is 27.3 Å². The zero-order valence-electron chi connectivity index (χ0n) is 16.1. The van der Waals surface area contributed by atoms with Crippen molar-refractivity contribution in [3.8, 4) is 5.19 Å². The van der Waals surface area contributed by atoms with E-state index < -0.39 is 15.9 Å². The third-order valence-corrected chi connectivity index (χ3v) is 7.66. The highest BCUT2D eigenvalue weighted by Crippen LogP contribution is 2.30. The number of rotatable bonds is 7. The first kappa shape index (κ1) is 20.5. The van der Waals surface area contributed by atoms with Crippen molar-refractivity contribution in [3.63, 3.8) is 0 Å². The third kappa shape index (κ3) is 3.71. The minimum atomic E-state index is -3.88. The van der Waals surface area contributed by atoms with Gasteiger partial charge in [-0.2, -0.15) is 17.6 Å². The highest BCUT2D eigenvalue weighted by atomic mass is 32.2. The largest absolute Gasteiger partial charge is 0.470 e. The lowest BCUT2D eigenvalue weighted by Crippen LogP contribution is -2.33. The molecule has 0 unspecified atom stereocenters. The zero-order chi connectivity index (χ0) is 21.3. The molecule has 1 amide bonds. The summed E-state index contributed by atoms with van der Waals surface area (Å²) in [6.07, 6.45) is 2.67. The Labute approximate surface area is 177 Å². The van der Waals surface area contributed by atoms with Gasteiger partial charge in [-0.3, -0.25) is 4.79 Å². The number of benzene rings is 1. The maximum absolute atomic E-state index is 12.9. The lowest BCUT2D eigenvalue weighted by molar-refractivity contribution is -0.134. The number of hydrogen-bond donors (Lipinski definition) is 1. The molecule has 0 saturated heterocycles. The van der Waals surface area contributed by atoms with Gasteiger partial charge in [-0.05, 0) is 12.5 Å². The Balaban J connectivity index is 1.51. The van der Waals surface area contributed by atoms with Crippen LogP contribution in [0.3, 0.4) is 0 Å². The van der Waals surface area contributed by atoms with E-state index in [0.717, 1.165) is 21.0 Å². The van der Waals surface area contributed by atoms with Crippen LogP contribution in [0.2, 0.25) is 0 Å². The number of fused-ring (bicyclic) bond motifs is 1. The number of nitrogens with zero attached hydrogens (tertiary/aromatic N) is 4. The fourth-order valence-corrected chi connectivity index (χ4v) is 5.55. The summed E-state index contributed by atoms with van der Waals surface area (Å²) < 4.78 is 31.8. The number of aromatic nitrogens is 3. The van der Waals surface area contributed by atoms with Gasteiger partial charge in [0.15, 0.2) is 4.21 Å². The van der Waals surface area contributed by atoms with Crippen molar-refractivity contribution in [2.75, 3.05) is 13.2 Å². The number of hydrogen-bond acceptors (Lipinski definition) is 8. The van der Waals surface area contributed by atoms with Crippen molar-refractivity contribution in [1.29, 1.82) is 0 Å². The zero-order valence-corrected chi connectivity index (χ0v) is 17.8. The molecule has 3 aromatic rings. The van der Waals surface area contributed by atoms with Crippen LogP contribution < -0.4 is 4.74 Å². The van der Waals surface area contributed by atoms with Gasteiger partial charge in [0.1, 0.15) is 0 Å². The third-order valence-electron chi connectivity index (χ3n) is 4.78. The van der Waals surface area contributed by atoms with E-state index in [1.165, 1.54) is 12.4 Å². The van der Waals surface area contributed by atoms with Crippen molar-refractivity contribution in [2.45, 2.75) is 30.1 Å². The summed E-state index contributed by atoms with van der Waals surface area (Å²) in [4.78, 5) is 18.4. The maximum atomic E-state index is 12.9. The molecule has 1 aromatic carbocycles. The molecular formula is C19H20N4O5S2. The molecule has 158 valence electrons. The molecule has 0 saturated carbocycles. The van der Waals surface area contributed by atoms with Crippen LogP contribution in [0.15, 0.2) is 46.9 Å². The molecule has 0 fully saturated rings. The number of carbonyl (C=O) groups is 1. The van der Waals surface area contributed by atoms with Crippen molar-refractivity contribution in [1.82, 2.24) is 19.1 Å². The molecular weight excluding hydrogens is 428 g/mol. The van der Waals surface area contributed by atoms with Gasteiger partial charge >= 0.3 is 0 Å². The quantitative estimate of drug-likeness (QED) is 0.584. The van der Waals surface area contributed by atoms with Gasteiger partial charge in [0.2, 0.25) is 5.91 Å². The van der Waals surface area contributed by atoms with E-state index in [1.807, 2.05) is 18.2 Å². The summed E-state index contributed by atoms with van der Waals surface area (Å²) in [5.41, 5.74) is 1.91. The SMILES string of the molecule is CCOc1ncc(S(=O)(=O)n2cc3c(n2)CN(C(=O)[C@H](CO)c2ccccc2)C3)s1. The van der Waals surface area contributed by atoms with Crippen LogP contribution in [0.25, 0.3) is 0 Å². The smallest absolute Gasteiger partial charge is 0.294 e.